The van der Waals surface area contributed by atoms with Crippen LogP contribution in [0.5, 0.6) is 0 Å². The quantitative estimate of drug-likeness (QED) is 0.729. The van der Waals surface area contributed by atoms with Crippen molar-refractivity contribution in [3.63, 3.8) is 0 Å². The first-order chi connectivity index (χ1) is 13.5. The second-order valence-electron chi connectivity index (χ2n) is 6.90. The number of hydrogen-bond donors (Lipinski definition) is 1. The van der Waals surface area contributed by atoms with E-state index in [1.165, 1.54) is 26.7 Å². The van der Waals surface area contributed by atoms with E-state index in [2.05, 4.69) is 15.4 Å². The molecule has 1 unspecified atom stereocenters. The van der Waals surface area contributed by atoms with Crippen LogP contribution in [0.2, 0.25) is 0 Å². The number of nitrogens with one attached hydrogen (secondary N) is 1. The fraction of sp³-hybridized carbons (Fsp3) is 0.421. The highest BCUT2D eigenvalue weighted by molar-refractivity contribution is 7.18. The Balaban J connectivity index is 1.74. The first-order valence-corrected chi connectivity index (χ1v) is 10.1. The molecule has 0 radical (unpaired) electrons. The molecule has 0 aromatic carbocycles. The number of nitrogens with zero attached hydrogens (tertiary/aromatic N) is 5. The summed E-state index contributed by atoms with van der Waals surface area (Å²) in [6.45, 7) is 1.85. The molecule has 1 atom stereocenters. The van der Waals surface area contributed by atoms with E-state index in [1.54, 1.807) is 18.4 Å². The van der Waals surface area contributed by atoms with Gasteiger partial charge < -0.3 is 5.32 Å². The van der Waals surface area contributed by atoms with Crippen molar-refractivity contribution in [3.8, 4) is 6.07 Å². The number of carbonyl (C=O) groups excluding carboxylic acids is 1. The van der Waals surface area contributed by atoms with Crippen LogP contribution in [0.15, 0.2) is 17.3 Å². The zero-order valence-corrected chi connectivity index (χ0v) is 16.5. The molecule has 1 aliphatic rings. The van der Waals surface area contributed by atoms with Crippen molar-refractivity contribution in [2.24, 2.45) is 7.05 Å². The third-order valence-corrected chi connectivity index (χ3v) is 6.43. The molecule has 1 amide bonds. The lowest BCUT2D eigenvalue weighted by Gasteiger charge is -2.18. The molecular weight excluding hydrogens is 376 g/mol. The summed E-state index contributed by atoms with van der Waals surface area (Å²) in [5.41, 5.74) is 1.21. The highest BCUT2D eigenvalue weighted by atomic mass is 32.1. The van der Waals surface area contributed by atoms with Gasteiger partial charge in [-0.2, -0.15) is 10.4 Å². The molecule has 3 aromatic heterocycles. The maximum absolute atomic E-state index is 13.2. The maximum Gasteiger partial charge on any atom is 0.263 e. The van der Waals surface area contributed by atoms with Crippen LogP contribution in [-0.4, -0.2) is 25.2 Å². The van der Waals surface area contributed by atoms with E-state index in [1.807, 2.05) is 13.0 Å². The van der Waals surface area contributed by atoms with E-state index in [-0.39, 0.29) is 17.0 Å². The first-order valence-electron chi connectivity index (χ1n) is 9.29. The van der Waals surface area contributed by atoms with Crippen molar-refractivity contribution in [2.45, 2.75) is 45.1 Å². The molecule has 3 aromatic rings. The highest BCUT2D eigenvalue weighted by Gasteiger charge is 2.26. The normalized spacial score (nSPS) is 14.5. The summed E-state index contributed by atoms with van der Waals surface area (Å²) in [5, 5.41) is 16.6. The van der Waals surface area contributed by atoms with Gasteiger partial charge in [-0.15, -0.1) is 11.3 Å². The first kappa shape index (κ1) is 18.4. The van der Waals surface area contributed by atoms with Crippen molar-refractivity contribution in [3.05, 3.63) is 38.9 Å². The predicted octanol–water partition coefficient (Wildman–Crippen LogP) is 2.53. The molecule has 4 rings (SSSR count). The fourth-order valence-corrected chi connectivity index (χ4v) is 4.98. The molecule has 0 bridgehead atoms. The summed E-state index contributed by atoms with van der Waals surface area (Å²) in [6, 6.07) is 1.29. The second-order valence-corrected chi connectivity index (χ2v) is 7.99. The smallest absolute Gasteiger partial charge is 0.263 e. The molecule has 1 aliphatic carbocycles. The van der Waals surface area contributed by atoms with Gasteiger partial charge in [0, 0.05) is 11.9 Å². The summed E-state index contributed by atoms with van der Waals surface area (Å²) in [5.74, 6) is -0.0455. The number of aromatic nitrogens is 4. The summed E-state index contributed by atoms with van der Waals surface area (Å²) >= 11 is 1.59. The van der Waals surface area contributed by atoms with Crippen LogP contribution in [0, 0.1) is 11.3 Å². The lowest BCUT2D eigenvalue weighted by molar-refractivity contribution is -0.119. The van der Waals surface area contributed by atoms with Crippen LogP contribution in [0.25, 0.3) is 10.2 Å². The van der Waals surface area contributed by atoms with Crippen molar-refractivity contribution in [1.82, 2.24) is 19.3 Å². The Labute approximate surface area is 165 Å². The van der Waals surface area contributed by atoms with E-state index in [0.717, 1.165) is 36.1 Å². The van der Waals surface area contributed by atoms with Crippen LogP contribution >= 0.6 is 11.3 Å². The average molecular weight is 396 g/mol. The lowest BCUT2D eigenvalue weighted by Crippen LogP contribution is -2.34. The van der Waals surface area contributed by atoms with Crippen LogP contribution in [0.1, 0.15) is 48.2 Å². The van der Waals surface area contributed by atoms with Gasteiger partial charge >= 0.3 is 0 Å². The van der Waals surface area contributed by atoms with Gasteiger partial charge in [0.05, 0.1) is 17.9 Å². The Morgan fingerprint density at radius 3 is 2.96 bits per heavy atom. The van der Waals surface area contributed by atoms with Gasteiger partial charge in [0.2, 0.25) is 5.91 Å². The molecule has 1 N–H and O–H groups in total. The zero-order chi connectivity index (χ0) is 19.8. The van der Waals surface area contributed by atoms with Crippen LogP contribution in [0.4, 0.5) is 5.82 Å². The van der Waals surface area contributed by atoms with Gasteiger partial charge in [-0.3, -0.25) is 18.8 Å². The summed E-state index contributed by atoms with van der Waals surface area (Å²) < 4.78 is 2.85. The number of carbonyl (C=O) groups is 1. The number of amides is 1. The topological polar surface area (TPSA) is 106 Å². The number of aryl methyl sites for hydroxylation is 3. The van der Waals surface area contributed by atoms with Gasteiger partial charge in [-0.05, 0) is 37.7 Å². The predicted molar refractivity (Wildman–Crippen MR) is 106 cm³/mol. The molecule has 8 nitrogen and oxygen atoms in total. The van der Waals surface area contributed by atoms with Crippen LogP contribution in [-0.2, 0) is 24.7 Å². The largest absolute Gasteiger partial charge is 0.308 e. The summed E-state index contributed by atoms with van der Waals surface area (Å²) in [4.78, 5) is 32.6. The molecule has 0 fully saturated rings. The van der Waals surface area contributed by atoms with Gasteiger partial charge in [0.25, 0.3) is 5.56 Å². The van der Waals surface area contributed by atoms with E-state index < -0.39 is 6.04 Å². The number of thiophene rings is 1. The van der Waals surface area contributed by atoms with Crippen molar-refractivity contribution >= 4 is 33.3 Å². The third kappa shape index (κ3) is 2.90. The Hall–Kier alpha value is -2.99. The fourth-order valence-electron chi connectivity index (χ4n) is 3.76. The van der Waals surface area contributed by atoms with Gasteiger partial charge in [0.1, 0.15) is 28.3 Å². The zero-order valence-electron chi connectivity index (χ0n) is 15.7. The summed E-state index contributed by atoms with van der Waals surface area (Å²) in [7, 11) is 1.65. The SMILES string of the molecule is CCC(C(=O)Nc1c(C#N)cnn1C)n1cnc2sc3c(c2c1=O)CCCC3. The molecule has 9 heteroatoms. The second kappa shape index (κ2) is 7.20. The molecule has 0 saturated carbocycles. The molecule has 28 heavy (non-hydrogen) atoms. The number of anilines is 1. The Kier molecular flexibility index (Phi) is 4.73. The van der Waals surface area contributed by atoms with E-state index in [0.29, 0.717) is 17.6 Å². The minimum Gasteiger partial charge on any atom is -0.308 e. The van der Waals surface area contributed by atoms with Crippen LogP contribution < -0.4 is 10.9 Å². The van der Waals surface area contributed by atoms with E-state index in [9.17, 15) is 14.9 Å². The number of nitriles is 1. The number of fused-ring (bicyclic) bond motifs is 3. The molecule has 0 aliphatic heterocycles. The standard InChI is InChI=1S/C19H20N6O2S/c1-3-13(17(26)23-16-11(8-20)9-22-24(16)2)25-10-21-18-15(19(25)27)12-6-4-5-7-14(12)28-18/h9-10,13H,3-7H2,1-2H3,(H,23,26). The van der Waals surface area contributed by atoms with Gasteiger partial charge in [0.15, 0.2) is 0 Å². The molecule has 144 valence electrons. The highest BCUT2D eigenvalue weighted by Crippen LogP contribution is 2.33. The third-order valence-electron chi connectivity index (χ3n) is 5.23. The van der Waals surface area contributed by atoms with Crippen molar-refractivity contribution in [1.29, 1.82) is 5.26 Å². The van der Waals surface area contributed by atoms with Gasteiger partial charge in [-0.1, -0.05) is 6.92 Å². The number of rotatable bonds is 4. The Morgan fingerprint density at radius 1 is 1.43 bits per heavy atom. The monoisotopic (exact) mass is 396 g/mol. The lowest BCUT2D eigenvalue weighted by atomic mass is 9.97. The van der Waals surface area contributed by atoms with E-state index in [4.69, 9.17) is 0 Å². The minimum absolute atomic E-state index is 0.170. The Bertz CT molecular complexity index is 1170. The summed E-state index contributed by atoms with van der Waals surface area (Å²) in [6.07, 6.45) is 7.38. The van der Waals surface area contributed by atoms with Gasteiger partial charge in [-0.25, -0.2) is 4.98 Å². The Morgan fingerprint density at radius 2 is 2.21 bits per heavy atom. The molecule has 0 saturated heterocycles. The van der Waals surface area contributed by atoms with Crippen molar-refractivity contribution in [2.75, 3.05) is 5.32 Å². The average Bonchev–Trinajstić information content (AvgIpc) is 3.25. The molecule has 0 spiro atoms. The van der Waals surface area contributed by atoms with E-state index >= 15 is 0 Å². The number of hydrogen-bond acceptors (Lipinski definition) is 6. The minimum atomic E-state index is -0.718. The maximum atomic E-state index is 13.2. The molecular formula is C19H20N6O2S. The van der Waals surface area contributed by atoms with Crippen molar-refractivity contribution < 1.29 is 4.79 Å². The molecule has 3 heterocycles. The van der Waals surface area contributed by atoms with Crippen LogP contribution in [0.3, 0.4) is 0 Å².